The van der Waals surface area contributed by atoms with Crippen LogP contribution in [0.2, 0.25) is 0 Å². The van der Waals surface area contributed by atoms with E-state index in [1.165, 1.54) is 6.92 Å². The fraction of sp³-hybridized carbons (Fsp3) is 0.450. The van der Waals surface area contributed by atoms with E-state index < -0.39 is 12.5 Å². The van der Waals surface area contributed by atoms with E-state index >= 15 is 0 Å². The van der Waals surface area contributed by atoms with E-state index in [1.807, 2.05) is 25.3 Å². The van der Waals surface area contributed by atoms with Crippen molar-refractivity contribution in [1.82, 2.24) is 9.97 Å². The first-order chi connectivity index (χ1) is 13.2. The Morgan fingerprint density at radius 2 is 2.11 bits per heavy atom. The molecule has 1 amide bonds. The van der Waals surface area contributed by atoms with Gasteiger partial charge in [-0.25, -0.2) is 13.8 Å². The summed E-state index contributed by atoms with van der Waals surface area (Å²) < 4.78 is 31.5. The van der Waals surface area contributed by atoms with Crippen LogP contribution in [0.25, 0.3) is 0 Å². The van der Waals surface area contributed by atoms with Crippen LogP contribution in [0, 0.1) is 6.92 Å². The second kappa shape index (κ2) is 6.39. The van der Waals surface area contributed by atoms with E-state index in [-0.39, 0.29) is 17.2 Å². The van der Waals surface area contributed by atoms with Gasteiger partial charge in [-0.3, -0.25) is 4.79 Å². The van der Waals surface area contributed by atoms with Crippen LogP contribution in [0.1, 0.15) is 37.8 Å². The molecule has 0 radical (unpaired) electrons. The first kappa shape index (κ1) is 18.6. The van der Waals surface area contributed by atoms with Crippen molar-refractivity contribution in [1.29, 1.82) is 0 Å². The van der Waals surface area contributed by atoms with Gasteiger partial charge in [-0.15, -0.1) is 0 Å². The highest BCUT2D eigenvalue weighted by Gasteiger charge is 2.52. The molecule has 1 aliphatic carbocycles. The van der Waals surface area contributed by atoms with Gasteiger partial charge in [0.2, 0.25) is 11.8 Å². The number of amides is 1. The Balaban J connectivity index is 1.69. The number of fused-ring (bicyclic) bond motifs is 2. The largest absolute Gasteiger partial charge is 0.471 e. The van der Waals surface area contributed by atoms with Crippen LogP contribution < -0.4 is 15.0 Å². The number of anilines is 3. The zero-order chi connectivity index (χ0) is 20.1. The minimum absolute atomic E-state index is 0.0555. The van der Waals surface area contributed by atoms with Gasteiger partial charge in [0.05, 0.1) is 5.69 Å². The fourth-order valence-electron chi connectivity index (χ4n) is 3.61. The topological polar surface area (TPSA) is 67.4 Å². The number of hydrogen-bond acceptors (Lipinski definition) is 5. The smallest absolute Gasteiger partial charge is 0.278 e. The van der Waals surface area contributed by atoms with Gasteiger partial charge in [0.15, 0.2) is 6.61 Å². The molecule has 0 saturated heterocycles. The number of rotatable bonds is 5. The lowest BCUT2D eigenvalue weighted by Gasteiger charge is -2.21. The lowest BCUT2D eigenvalue weighted by atomic mass is 10.0. The Hall–Kier alpha value is -2.77. The van der Waals surface area contributed by atoms with Crippen LogP contribution in [-0.2, 0) is 10.2 Å². The number of hydrogen-bond donors (Lipinski definition) is 1. The lowest BCUT2D eigenvalue weighted by Crippen LogP contribution is -2.23. The molecule has 2 aliphatic rings. The first-order valence-corrected chi connectivity index (χ1v) is 9.20. The van der Waals surface area contributed by atoms with Crippen molar-refractivity contribution < 1.29 is 18.3 Å². The predicted octanol–water partition coefficient (Wildman–Crippen LogP) is 3.96. The Kier molecular flexibility index (Phi) is 4.24. The average Bonchev–Trinajstić information content (AvgIpc) is 3.29. The van der Waals surface area contributed by atoms with Crippen molar-refractivity contribution in [3.63, 3.8) is 0 Å². The molecule has 0 atom stereocenters. The van der Waals surface area contributed by atoms with E-state index in [2.05, 4.69) is 20.2 Å². The number of halogens is 2. The second-order valence-electron chi connectivity index (χ2n) is 7.83. The molecule has 2 aromatic heterocycles. The molecule has 0 bridgehead atoms. The van der Waals surface area contributed by atoms with Crippen molar-refractivity contribution in [3.8, 4) is 5.88 Å². The summed E-state index contributed by atoms with van der Waals surface area (Å²) in [5.41, 5.74) is 2.99. The van der Waals surface area contributed by atoms with Crippen molar-refractivity contribution in [3.05, 3.63) is 35.5 Å². The number of nitrogens with zero attached hydrogens (tertiary/aromatic N) is 3. The Morgan fingerprint density at radius 1 is 1.36 bits per heavy atom. The van der Waals surface area contributed by atoms with Gasteiger partial charge in [-0.2, -0.15) is 4.98 Å². The van der Waals surface area contributed by atoms with Gasteiger partial charge >= 0.3 is 0 Å². The standard InChI is InChI=1S/C20H22F2N4O2/c1-12-6-17(25-18(7-12)28-11-19(3,21)22)26-10-20(4-5-20)14-9-23-16(8-15(14)26)24-13(2)27/h6-9H,4-5,10-11H2,1-3H3,(H,23,24,27). The third kappa shape index (κ3) is 3.63. The van der Waals surface area contributed by atoms with Crippen LogP contribution in [-0.4, -0.2) is 34.9 Å². The number of aryl methyl sites for hydroxylation is 1. The van der Waals surface area contributed by atoms with Crippen molar-refractivity contribution in [2.24, 2.45) is 0 Å². The first-order valence-electron chi connectivity index (χ1n) is 9.20. The Bertz CT molecular complexity index is 938. The maximum Gasteiger partial charge on any atom is 0.278 e. The summed E-state index contributed by atoms with van der Waals surface area (Å²) >= 11 is 0. The summed E-state index contributed by atoms with van der Waals surface area (Å²) in [5.74, 6) is -1.83. The summed E-state index contributed by atoms with van der Waals surface area (Å²) in [4.78, 5) is 22.3. The molecule has 0 aromatic carbocycles. The van der Waals surface area contributed by atoms with Crippen molar-refractivity contribution >= 4 is 23.2 Å². The zero-order valence-electron chi connectivity index (χ0n) is 16.1. The Morgan fingerprint density at radius 3 is 2.75 bits per heavy atom. The third-order valence-corrected chi connectivity index (χ3v) is 5.05. The molecule has 1 fully saturated rings. The van der Waals surface area contributed by atoms with Crippen molar-refractivity contribution in [2.45, 2.75) is 45.0 Å². The number of carbonyl (C=O) groups excluding carboxylic acids is 1. The molecule has 1 aliphatic heterocycles. The number of alkyl halides is 2. The normalized spacial score (nSPS) is 16.8. The minimum Gasteiger partial charge on any atom is -0.471 e. The second-order valence-corrected chi connectivity index (χ2v) is 7.83. The summed E-state index contributed by atoms with van der Waals surface area (Å²) in [5, 5.41) is 2.71. The number of aromatic nitrogens is 2. The van der Waals surface area contributed by atoms with Crippen LogP contribution in [0.4, 0.5) is 26.1 Å². The zero-order valence-corrected chi connectivity index (χ0v) is 16.1. The highest BCUT2D eigenvalue weighted by atomic mass is 19.3. The Labute approximate surface area is 161 Å². The number of pyridine rings is 2. The number of carbonyl (C=O) groups is 1. The number of ether oxygens (including phenoxy) is 1. The molecule has 3 heterocycles. The van der Waals surface area contributed by atoms with Gasteiger partial charge in [0.25, 0.3) is 5.92 Å². The van der Waals surface area contributed by atoms with E-state index in [4.69, 9.17) is 4.74 Å². The lowest BCUT2D eigenvalue weighted by molar-refractivity contribution is -0.114. The summed E-state index contributed by atoms with van der Waals surface area (Å²) in [6.07, 6.45) is 3.95. The van der Waals surface area contributed by atoms with Crippen LogP contribution in [0.3, 0.4) is 0 Å². The van der Waals surface area contributed by atoms with E-state index in [9.17, 15) is 13.6 Å². The summed E-state index contributed by atoms with van der Waals surface area (Å²) in [7, 11) is 0. The van der Waals surface area contributed by atoms with E-state index in [0.29, 0.717) is 11.6 Å². The monoisotopic (exact) mass is 388 g/mol. The molecule has 8 heteroatoms. The van der Waals surface area contributed by atoms with Crippen LogP contribution in [0.15, 0.2) is 24.4 Å². The highest BCUT2D eigenvalue weighted by molar-refractivity contribution is 5.89. The molecule has 2 aromatic rings. The quantitative estimate of drug-likeness (QED) is 0.840. The third-order valence-electron chi connectivity index (χ3n) is 5.05. The molecule has 6 nitrogen and oxygen atoms in total. The minimum atomic E-state index is -2.93. The molecule has 4 rings (SSSR count). The molecule has 1 N–H and O–H groups in total. The van der Waals surface area contributed by atoms with Crippen molar-refractivity contribution in [2.75, 3.05) is 23.4 Å². The predicted molar refractivity (Wildman–Crippen MR) is 102 cm³/mol. The van der Waals surface area contributed by atoms with E-state index in [1.54, 1.807) is 6.07 Å². The molecule has 28 heavy (non-hydrogen) atoms. The SMILES string of the molecule is CC(=O)Nc1cc2c(cn1)C1(CC1)CN2c1cc(C)cc(OCC(C)(F)F)n1. The molecular formula is C20H22F2N4O2. The molecular weight excluding hydrogens is 366 g/mol. The maximum absolute atomic E-state index is 13.2. The van der Waals surface area contributed by atoms with Gasteiger partial charge in [-0.1, -0.05) is 0 Å². The summed E-state index contributed by atoms with van der Waals surface area (Å²) in [6, 6.07) is 5.39. The highest BCUT2D eigenvalue weighted by Crippen LogP contribution is 2.58. The summed E-state index contributed by atoms with van der Waals surface area (Å²) in [6.45, 7) is 4.15. The van der Waals surface area contributed by atoms with Gasteiger partial charge in [0.1, 0.15) is 11.6 Å². The molecule has 1 saturated carbocycles. The van der Waals surface area contributed by atoms with Crippen LogP contribution >= 0.6 is 0 Å². The van der Waals surface area contributed by atoms with Gasteiger partial charge < -0.3 is 15.0 Å². The average molecular weight is 388 g/mol. The maximum atomic E-state index is 13.2. The van der Waals surface area contributed by atoms with Gasteiger partial charge in [0, 0.05) is 49.7 Å². The molecule has 148 valence electrons. The number of nitrogens with one attached hydrogen (secondary N) is 1. The fourth-order valence-corrected chi connectivity index (χ4v) is 3.61. The molecule has 0 unspecified atom stereocenters. The van der Waals surface area contributed by atoms with Crippen LogP contribution in [0.5, 0.6) is 5.88 Å². The molecule has 1 spiro atoms. The van der Waals surface area contributed by atoms with E-state index in [0.717, 1.165) is 43.1 Å². The van der Waals surface area contributed by atoms with Gasteiger partial charge in [-0.05, 0) is 31.4 Å².